The van der Waals surface area contributed by atoms with Crippen molar-refractivity contribution in [2.75, 3.05) is 13.2 Å². The Morgan fingerprint density at radius 2 is 2.30 bits per heavy atom. The molecule has 23 heavy (non-hydrogen) atoms. The zero-order valence-electron chi connectivity index (χ0n) is 13.3. The van der Waals surface area contributed by atoms with E-state index in [0.29, 0.717) is 13.2 Å². The number of rotatable bonds is 5. The highest BCUT2D eigenvalue weighted by molar-refractivity contribution is 5.74. The number of nitrogens with one attached hydrogen (secondary N) is 3. The van der Waals surface area contributed by atoms with E-state index in [9.17, 15) is 4.79 Å². The molecule has 2 heterocycles. The van der Waals surface area contributed by atoms with Crippen LogP contribution in [0.5, 0.6) is 5.75 Å². The van der Waals surface area contributed by atoms with E-state index in [1.54, 1.807) is 0 Å². The molecule has 0 radical (unpaired) electrons. The molecule has 1 aromatic carbocycles. The van der Waals surface area contributed by atoms with Gasteiger partial charge in [0.25, 0.3) is 0 Å². The van der Waals surface area contributed by atoms with Crippen LogP contribution in [0.25, 0.3) is 0 Å². The lowest BCUT2D eigenvalue weighted by Gasteiger charge is -2.26. The van der Waals surface area contributed by atoms with Crippen LogP contribution in [0.3, 0.4) is 0 Å². The maximum atomic E-state index is 12.1. The van der Waals surface area contributed by atoms with Crippen LogP contribution in [0.2, 0.25) is 0 Å². The van der Waals surface area contributed by atoms with Gasteiger partial charge in [-0.15, -0.1) is 0 Å². The molecule has 0 aliphatic carbocycles. The molecule has 1 aliphatic heterocycles. The van der Waals surface area contributed by atoms with E-state index in [0.717, 1.165) is 36.3 Å². The minimum atomic E-state index is -0.129. The summed E-state index contributed by atoms with van der Waals surface area (Å²) < 4.78 is 5.61. The van der Waals surface area contributed by atoms with Gasteiger partial charge in [-0.3, -0.25) is 5.10 Å². The van der Waals surface area contributed by atoms with Crippen molar-refractivity contribution in [3.8, 4) is 5.75 Å². The number of H-pyrrole nitrogens is 1. The van der Waals surface area contributed by atoms with Gasteiger partial charge >= 0.3 is 6.03 Å². The van der Waals surface area contributed by atoms with Crippen LogP contribution in [0.15, 0.2) is 30.5 Å². The third kappa shape index (κ3) is 3.83. The molecular formula is C17H22N4O2. The number of nitrogens with zero attached hydrogens (tertiary/aromatic N) is 1. The van der Waals surface area contributed by atoms with Gasteiger partial charge in [0.2, 0.25) is 0 Å². The van der Waals surface area contributed by atoms with E-state index in [4.69, 9.17) is 4.74 Å². The summed E-state index contributed by atoms with van der Waals surface area (Å²) in [4.78, 5) is 12.1. The van der Waals surface area contributed by atoms with E-state index in [1.165, 1.54) is 5.56 Å². The summed E-state index contributed by atoms with van der Waals surface area (Å²) >= 11 is 0. The van der Waals surface area contributed by atoms with Crippen molar-refractivity contribution in [3.63, 3.8) is 0 Å². The first-order valence-corrected chi connectivity index (χ1v) is 7.99. The lowest BCUT2D eigenvalue weighted by molar-refractivity contribution is 0.223. The quantitative estimate of drug-likeness (QED) is 0.742. The number of aromatic nitrogens is 2. The fourth-order valence-electron chi connectivity index (χ4n) is 2.81. The van der Waals surface area contributed by atoms with Crippen LogP contribution in [0, 0.1) is 6.92 Å². The van der Waals surface area contributed by atoms with Crippen molar-refractivity contribution in [3.05, 3.63) is 47.3 Å². The number of fused-ring (bicyclic) bond motifs is 1. The molecule has 0 saturated carbocycles. The number of para-hydroxylation sites is 1. The zero-order valence-corrected chi connectivity index (χ0v) is 13.3. The van der Waals surface area contributed by atoms with E-state index in [2.05, 4.69) is 20.8 Å². The third-order valence-corrected chi connectivity index (χ3v) is 4.11. The van der Waals surface area contributed by atoms with E-state index in [-0.39, 0.29) is 12.1 Å². The molecule has 0 saturated heterocycles. The van der Waals surface area contributed by atoms with Gasteiger partial charge in [-0.25, -0.2) is 4.79 Å². The van der Waals surface area contributed by atoms with Crippen molar-refractivity contribution in [1.29, 1.82) is 0 Å². The average molecular weight is 314 g/mol. The molecule has 0 spiro atoms. The van der Waals surface area contributed by atoms with Crippen molar-refractivity contribution in [2.24, 2.45) is 0 Å². The highest BCUT2D eigenvalue weighted by Crippen LogP contribution is 2.31. The number of aryl methyl sites for hydroxylation is 2. The molecule has 2 amide bonds. The second-order valence-electron chi connectivity index (χ2n) is 5.75. The minimum absolute atomic E-state index is 0.0102. The lowest BCUT2D eigenvalue weighted by atomic mass is 10.0. The van der Waals surface area contributed by atoms with Gasteiger partial charge < -0.3 is 15.4 Å². The smallest absolute Gasteiger partial charge is 0.315 e. The van der Waals surface area contributed by atoms with Gasteiger partial charge in [-0.05, 0) is 31.4 Å². The number of hydrogen-bond acceptors (Lipinski definition) is 3. The summed E-state index contributed by atoms with van der Waals surface area (Å²) in [5.74, 6) is 0.861. The maximum absolute atomic E-state index is 12.1. The number of urea groups is 1. The molecule has 1 aliphatic rings. The molecule has 6 nitrogen and oxygen atoms in total. The van der Waals surface area contributed by atoms with Gasteiger partial charge in [-0.1, -0.05) is 18.2 Å². The summed E-state index contributed by atoms with van der Waals surface area (Å²) in [5, 5.41) is 12.9. The van der Waals surface area contributed by atoms with Gasteiger partial charge in [-0.2, -0.15) is 5.10 Å². The summed E-state index contributed by atoms with van der Waals surface area (Å²) in [7, 11) is 0. The molecule has 3 rings (SSSR count). The number of benzene rings is 1. The fourth-order valence-corrected chi connectivity index (χ4v) is 2.81. The van der Waals surface area contributed by atoms with Crippen LogP contribution in [0.1, 0.15) is 35.7 Å². The standard InChI is InChI=1S/C17H22N4O2/c1-12-13(11-19-21-12)5-4-9-18-17(22)20-15-8-10-23-16-7-3-2-6-14(15)16/h2-3,6-7,11,15H,4-5,8-10H2,1H3,(H,19,21)(H2,18,20,22)/t15-/m0/s1. The molecule has 2 aromatic rings. The molecule has 122 valence electrons. The van der Waals surface area contributed by atoms with Crippen LogP contribution in [0.4, 0.5) is 4.79 Å². The summed E-state index contributed by atoms with van der Waals surface area (Å²) in [6, 6.07) is 7.73. The Bertz CT molecular complexity index is 668. The number of aromatic amines is 1. The number of hydrogen-bond donors (Lipinski definition) is 3. The summed E-state index contributed by atoms with van der Waals surface area (Å²) in [6.07, 6.45) is 4.42. The monoisotopic (exact) mass is 314 g/mol. The highest BCUT2D eigenvalue weighted by atomic mass is 16.5. The van der Waals surface area contributed by atoms with E-state index >= 15 is 0 Å². The first-order valence-electron chi connectivity index (χ1n) is 7.99. The Hall–Kier alpha value is -2.50. The molecule has 0 bridgehead atoms. The normalized spacial score (nSPS) is 16.3. The van der Waals surface area contributed by atoms with Crippen molar-refractivity contribution >= 4 is 6.03 Å². The SMILES string of the molecule is Cc1[nH]ncc1CCCNC(=O)N[C@H]1CCOc2ccccc21. The number of carbonyl (C=O) groups excluding carboxylic acids is 1. The summed E-state index contributed by atoms with van der Waals surface area (Å²) in [5.41, 5.74) is 3.33. The number of ether oxygens (including phenoxy) is 1. The Balaban J connectivity index is 1.44. The number of carbonyl (C=O) groups is 1. The molecular weight excluding hydrogens is 292 g/mol. The topological polar surface area (TPSA) is 79.0 Å². The largest absolute Gasteiger partial charge is 0.493 e. The maximum Gasteiger partial charge on any atom is 0.315 e. The van der Waals surface area contributed by atoms with Crippen molar-refractivity contribution in [1.82, 2.24) is 20.8 Å². The predicted octanol–water partition coefficient (Wildman–Crippen LogP) is 2.47. The van der Waals surface area contributed by atoms with Gasteiger partial charge in [0, 0.05) is 24.2 Å². The highest BCUT2D eigenvalue weighted by Gasteiger charge is 2.22. The van der Waals surface area contributed by atoms with Crippen molar-refractivity contribution < 1.29 is 9.53 Å². The Labute approximate surface area is 135 Å². The third-order valence-electron chi connectivity index (χ3n) is 4.11. The van der Waals surface area contributed by atoms with Crippen LogP contribution >= 0.6 is 0 Å². The molecule has 0 unspecified atom stereocenters. The molecule has 1 aromatic heterocycles. The van der Waals surface area contributed by atoms with Gasteiger partial charge in [0.15, 0.2) is 0 Å². The van der Waals surface area contributed by atoms with E-state index in [1.807, 2.05) is 37.4 Å². The molecule has 6 heteroatoms. The molecule has 1 atom stereocenters. The fraction of sp³-hybridized carbons (Fsp3) is 0.412. The van der Waals surface area contributed by atoms with E-state index < -0.39 is 0 Å². The molecule has 0 fully saturated rings. The Morgan fingerprint density at radius 1 is 1.43 bits per heavy atom. The first kappa shape index (κ1) is 15.4. The Morgan fingerprint density at radius 3 is 3.13 bits per heavy atom. The minimum Gasteiger partial charge on any atom is -0.493 e. The summed E-state index contributed by atoms with van der Waals surface area (Å²) in [6.45, 7) is 3.27. The predicted molar refractivity (Wildman–Crippen MR) is 87.5 cm³/mol. The molecule has 3 N–H and O–H groups in total. The van der Waals surface area contributed by atoms with Crippen molar-refractivity contribution in [2.45, 2.75) is 32.2 Å². The first-order chi connectivity index (χ1) is 11.2. The van der Waals surface area contributed by atoms with Crippen LogP contribution in [-0.2, 0) is 6.42 Å². The zero-order chi connectivity index (χ0) is 16.1. The van der Waals surface area contributed by atoms with Crippen LogP contribution < -0.4 is 15.4 Å². The second kappa shape index (κ2) is 7.17. The lowest BCUT2D eigenvalue weighted by Crippen LogP contribution is -2.40. The number of amides is 2. The average Bonchev–Trinajstić information content (AvgIpc) is 2.97. The second-order valence-corrected chi connectivity index (χ2v) is 5.75. The van der Waals surface area contributed by atoms with Gasteiger partial charge in [0.05, 0.1) is 18.8 Å². The Kier molecular flexibility index (Phi) is 4.80. The van der Waals surface area contributed by atoms with Gasteiger partial charge in [0.1, 0.15) is 5.75 Å². The van der Waals surface area contributed by atoms with Crippen LogP contribution in [-0.4, -0.2) is 29.4 Å².